The molecule has 2 aromatic carbocycles. The molecule has 1 aromatic heterocycles. The van der Waals surface area contributed by atoms with E-state index in [0.717, 1.165) is 19.3 Å². The van der Waals surface area contributed by atoms with Crippen LogP contribution in [0.2, 0.25) is 0 Å². The predicted octanol–water partition coefficient (Wildman–Crippen LogP) is 5.79. The number of anilines is 1. The van der Waals surface area contributed by atoms with Crippen molar-refractivity contribution in [3.63, 3.8) is 0 Å². The van der Waals surface area contributed by atoms with Gasteiger partial charge in [0.05, 0.1) is 19.3 Å². The van der Waals surface area contributed by atoms with Crippen LogP contribution in [-0.2, 0) is 9.59 Å². The fraction of sp³-hybridized carbons (Fsp3) is 0.286. The number of methoxy groups -OCH3 is 1. The summed E-state index contributed by atoms with van der Waals surface area (Å²) >= 11 is 0. The van der Waals surface area contributed by atoms with Gasteiger partial charge in [0.1, 0.15) is 34.8 Å². The number of furan rings is 1. The van der Waals surface area contributed by atoms with Crippen LogP contribution in [0.15, 0.2) is 70.7 Å². The van der Waals surface area contributed by atoms with Crippen LogP contribution in [0.25, 0.3) is 5.76 Å². The molecule has 182 valence electrons. The first-order valence-electron chi connectivity index (χ1n) is 11.7. The standard InChI is InChI=1S/C28H29NO6/c1-4-5-6-17-34-22-12-8-19(9-13-22)26(30)24-25(23-16-7-18(2)35-23)29(28(32)27(24)31)20-10-14-21(33-3)15-11-20/h7-16,25,30H,4-6,17H2,1-3H3/b26-24-. The zero-order chi connectivity index (χ0) is 24.9. The first-order chi connectivity index (χ1) is 16.9. The molecule has 1 atom stereocenters. The van der Waals surface area contributed by atoms with Crippen LogP contribution in [0, 0.1) is 6.92 Å². The molecular weight excluding hydrogens is 446 g/mol. The number of rotatable bonds is 9. The maximum Gasteiger partial charge on any atom is 0.300 e. The lowest BCUT2D eigenvalue weighted by atomic mass is 9.99. The Kier molecular flexibility index (Phi) is 7.25. The second-order valence-corrected chi connectivity index (χ2v) is 8.40. The Labute approximate surface area is 204 Å². The van der Waals surface area contributed by atoms with Crippen molar-refractivity contribution in [3.8, 4) is 11.5 Å². The highest BCUT2D eigenvalue weighted by Gasteiger charge is 2.48. The Morgan fingerprint density at radius 1 is 0.971 bits per heavy atom. The molecule has 0 radical (unpaired) electrons. The van der Waals surface area contributed by atoms with E-state index in [9.17, 15) is 14.7 Å². The Morgan fingerprint density at radius 3 is 2.26 bits per heavy atom. The third kappa shape index (κ3) is 4.94. The molecule has 1 aliphatic rings. The molecule has 4 rings (SSSR count). The van der Waals surface area contributed by atoms with E-state index in [0.29, 0.717) is 40.9 Å². The van der Waals surface area contributed by atoms with Gasteiger partial charge in [0, 0.05) is 11.3 Å². The van der Waals surface area contributed by atoms with Crippen molar-refractivity contribution in [1.29, 1.82) is 0 Å². The summed E-state index contributed by atoms with van der Waals surface area (Å²) in [6.45, 7) is 4.53. The number of aryl methyl sites for hydroxylation is 1. The molecule has 35 heavy (non-hydrogen) atoms. The van der Waals surface area contributed by atoms with Crippen LogP contribution < -0.4 is 14.4 Å². The first-order valence-corrected chi connectivity index (χ1v) is 11.7. The third-order valence-electron chi connectivity index (χ3n) is 5.97. The zero-order valence-electron chi connectivity index (χ0n) is 20.1. The van der Waals surface area contributed by atoms with E-state index in [1.807, 2.05) is 0 Å². The molecule has 7 heteroatoms. The largest absolute Gasteiger partial charge is 0.507 e. The van der Waals surface area contributed by atoms with Crippen LogP contribution in [0.1, 0.15) is 49.3 Å². The summed E-state index contributed by atoms with van der Waals surface area (Å²) in [7, 11) is 1.55. The summed E-state index contributed by atoms with van der Waals surface area (Å²) in [6.07, 6.45) is 3.18. The monoisotopic (exact) mass is 475 g/mol. The van der Waals surface area contributed by atoms with E-state index in [4.69, 9.17) is 13.9 Å². The van der Waals surface area contributed by atoms with Gasteiger partial charge in [-0.15, -0.1) is 0 Å². The van der Waals surface area contributed by atoms with Crippen molar-refractivity contribution in [2.75, 3.05) is 18.6 Å². The Bertz CT molecular complexity index is 1220. The van der Waals surface area contributed by atoms with E-state index >= 15 is 0 Å². The molecule has 1 N–H and O–H groups in total. The van der Waals surface area contributed by atoms with Crippen LogP contribution in [0.5, 0.6) is 11.5 Å². The average Bonchev–Trinajstić information content (AvgIpc) is 3.42. The Hall–Kier alpha value is -4.00. The quantitative estimate of drug-likeness (QED) is 0.182. The van der Waals surface area contributed by atoms with Crippen molar-refractivity contribution in [3.05, 3.63) is 83.3 Å². The SMILES string of the molecule is CCCCCOc1ccc(/C(O)=C2/C(=O)C(=O)N(c3ccc(OC)cc3)C2c2ccc(C)o2)cc1. The molecule has 0 aliphatic carbocycles. The van der Waals surface area contributed by atoms with E-state index in [2.05, 4.69) is 6.92 Å². The van der Waals surface area contributed by atoms with Gasteiger partial charge in [0.25, 0.3) is 11.7 Å². The third-order valence-corrected chi connectivity index (χ3v) is 5.97. The molecule has 3 aromatic rings. The molecular formula is C28H29NO6. The second kappa shape index (κ2) is 10.5. The smallest absolute Gasteiger partial charge is 0.300 e. The molecule has 1 fully saturated rings. The minimum Gasteiger partial charge on any atom is -0.507 e. The van der Waals surface area contributed by atoms with Gasteiger partial charge in [-0.1, -0.05) is 19.8 Å². The number of benzene rings is 2. The van der Waals surface area contributed by atoms with Gasteiger partial charge in [-0.3, -0.25) is 14.5 Å². The normalized spacial score (nSPS) is 17.1. The summed E-state index contributed by atoms with van der Waals surface area (Å²) < 4.78 is 16.8. The summed E-state index contributed by atoms with van der Waals surface area (Å²) in [6, 6.07) is 16.2. The van der Waals surface area contributed by atoms with Crippen molar-refractivity contribution in [2.24, 2.45) is 0 Å². The number of carbonyl (C=O) groups excluding carboxylic acids is 2. The van der Waals surface area contributed by atoms with Crippen LogP contribution in [0.3, 0.4) is 0 Å². The van der Waals surface area contributed by atoms with E-state index in [1.165, 1.54) is 4.90 Å². The highest BCUT2D eigenvalue weighted by atomic mass is 16.5. The molecule has 0 bridgehead atoms. The van der Waals surface area contributed by atoms with Gasteiger partial charge in [0.15, 0.2) is 0 Å². The van der Waals surface area contributed by atoms with Crippen molar-refractivity contribution in [2.45, 2.75) is 39.2 Å². The van der Waals surface area contributed by atoms with Gasteiger partial charge in [-0.2, -0.15) is 0 Å². The number of Topliss-reactive ketones (excluding diaryl/α,β-unsaturated/α-hetero) is 1. The van der Waals surface area contributed by atoms with Gasteiger partial charge in [-0.05, 0) is 74.0 Å². The lowest BCUT2D eigenvalue weighted by Gasteiger charge is -2.23. The minimum absolute atomic E-state index is 0.0308. The van der Waals surface area contributed by atoms with Gasteiger partial charge >= 0.3 is 0 Å². The topological polar surface area (TPSA) is 89.2 Å². The fourth-order valence-electron chi connectivity index (χ4n) is 4.12. The number of amides is 1. The molecule has 1 unspecified atom stereocenters. The molecule has 0 saturated carbocycles. The number of carbonyl (C=O) groups is 2. The summed E-state index contributed by atoms with van der Waals surface area (Å²) in [4.78, 5) is 27.7. The number of ether oxygens (including phenoxy) is 2. The lowest BCUT2D eigenvalue weighted by molar-refractivity contribution is -0.132. The van der Waals surface area contributed by atoms with Crippen molar-refractivity contribution in [1.82, 2.24) is 0 Å². The number of nitrogens with zero attached hydrogens (tertiary/aromatic N) is 1. The summed E-state index contributed by atoms with van der Waals surface area (Å²) in [5.74, 6) is 0.516. The van der Waals surface area contributed by atoms with Crippen LogP contribution >= 0.6 is 0 Å². The highest BCUT2D eigenvalue weighted by Crippen LogP contribution is 2.43. The molecule has 1 saturated heterocycles. The molecule has 2 heterocycles. The number of hydrogen-bond donors (Lipinski definition) is 1. The van der Waals surface area contributed by atoms with Crippen LogP contribution in [-0.4, -0.2) is 30.5 Å². The minimum atomic E-state index is -0.915. The number of hydrogen-bond acceptors (Lipinski definition) is 6. The Morgan fingerprint density at radius 2 is 1.66 bits per heavy atom. The molecule has 1 amide bonds. The van der Waals surface area contributed by atoms with Crippen molar-refractivity contribution >= 4 is 23.1 Å². The highest BCUT2D eigenvalue weighted by molar-refractivity contribution is 6.51. The molecule has 1 aliphatic heterocycles. The molecule has 0 spiro atoms. The van der Waals surface area contributed by atoms with E-state index in [1.54, 1.807) is 74.7 Å². The molecule has 7 nitrogen and oxygen atoms in total. The predicted molar refractivity (Wildman–Crippen MR) is 133 cm³/mol. The lowest BCUT2D eigenvalue weighted by Crippen LogP contribution is -2.29. The maximum absolute atomic E-state index is 13.2. The summed E-state index contributed by atoms with van der Waals surface area (Å²) in [5, 5.41) is 11.2. The second-order valence-electron chi connectivity index (χ2n) is 8.40. The average molecular weight is 476 g/mol. The number of aliphatic hydroxyl groups excluding tert-OH is 1. The summed E-state index contributed by atoms with van der Waals surface area (Å²) in [5.41, 5.74) is 0.866. The maximum atomic E-state index is 13.2. The van der Waals surface area contributed by atoms with E-state index in [-0.39, 0.29) is 11.3 Å². The Balaban J connectivity index is 1.72. The van der Waals surface area contributed by atoms with E-state index < -0.39 is 17.7 Å². The number of unbranched alkanes of at least 4 members (excludes halogenated alkanes) is 2. The van der Waals surface area contributed by atoms with Crippen molar-refractivity contribution < 1.29 is 28.6 Å². The zero-order valence-corrected chi connectivity index (χ0v) is 20.1. The van der Waals surface area contributed by atoms with Gasteiger partial charge in [0.2, 0.25) is 0 Å². The number of ketones is 1. The van der Waals surface area contributed by atoms with Crippen LogP contribution in [0.4, 0.5) is 5.69 Å². The first kappa shape index (κ1) is 24.1. The number of aliphatic hydroxyl groups is 1. The van der Waals surface area contributed by atoms with Gasteiger partial charge < -0.3 is 19.0 Å². The van der Waals surface area contributed by atoms with Gasteiger partial charge in [-0.25, -0.2) is 0 Å². The fourth-order valence-corrected chi connectivity index (χ4v) is 4.12.